The van der Waals surface area contributed by atoms with Crippen LogP contribution >= 0.6 is 24.0 Å². The number of carbonyl (C=O) groups is 3. The van der Waals surface area contributed by atoms with Gasteiger partial charge >= 0.3 is 0 Å². The van der Waals surface area contributed by atoms with Crippen LogP contribution in [-0.2, 0) is 14.3 Å². The predicted octanol–water partition coefficient (Wildman–Crippen LogP) is 3.87. The second-order valence-electron chi connectivity index (χ2n) is 7.90. The molecule has 0 unspecified atom stereocenters. The molecule has 0 aromatic heterocycles. The van der Waals surface area contributed by atoms with E-state index in [-0.39, 0.29) is 24.0 Å². The molecule has 0 spiro atoms. The van der Waals surface area contributed by atoms with Crippen LogP contribution in [0.25, 0.3) is 6.08 Å². The third kappa shape index (κ3) is 5.58. The van der Waals surface area contributed by atoms with Crippen molar-refractivity contribution < 1.29 is 19.1 Å². The molecule has 6 nitrogen and oxygen atoms in total. The molecule has 2 amide bonds. The second kappa shape index (κ2) is 10.4. The topological polar surface area (TPSA) is 66.9 Å². The number of nitrogens with zero attached hydrogens (tertiary/aromatic N) is 2. The molecule has 2 heterocycles. The SMILES string of the molecule is Cc1cccc(/C=C/C(=O)c2ccc(N3C(=O)C[C@H](SC(=S)N4CCOCC4)C3=O)cc2)c1. The van der Waals surface area contributed by atoms with Crippen LogP contribution in [0.3, 0.4) is 0 Å². The summed E-state index contributed by atoms with van der Waals surface area (Å²) in [6.07, 6.45) is 3.40. The normalized spacial score (nSPS) is 18.9. The maximum atomic E-state index is 12.9. The van der Waals surface area contributed by atoms with Gasteiger partial charge < -0.3 is 9.64 Å². The fraction of sp³-hybridized carbons (Fsp3) is 0.280. The predicted molar refractivity (Wildman–Crippen MR) is 134 cm³/mol. The van der Waals surface area contributed by atoms with E-state index in [1.54, 1.807) is 30.3 Å². The van der Waals surface area contributed by atoms with Gasteiger partial charge in [-0.1, -0.05) is 59.9 Å². The van der Waals surface area contributed by atoms with Crippen molar-refractivity contribution in [3.63, 3.8) is 0 Å². The minimum atomic E-state index is -0.536. The number of amides is 2. The van der Waals surface area contributed by atoms with Gasteiger partial charge in [-0.3, -0.25) is 14.4 Å². The first kappa shape index (κ1) is 23.4. The van der Waals surface area contributed by atoms with Gasteiger partial charge in [0.2, 0.25) is 11.8 Å². The molecule has 2 aliphatic rings. The number of ether oxygens (including phenoxy) is 1. The number of allylic oxidation sites excluding steroid dienone is 1. The molecule has 0 aliphatic carbocycles. The maximum Gasteiger partial charge on any atom is 0.247 e. The number of thiocarbonyl (C=S) groups is 1. The Hall–Kier alpha value is -2.81. The summed E-state index contributed by atoms with van der Waals surface area (Å²) in [6.45, 7) is 4.60. The van der Waals surface area contributed by atoms with E-state index < -0.39 is 5.25 Å². The van der Waals surface area contributed by atoms with E-state index in [1.165, 1.54) is 22.7 Å². The van der Waals surface area contributed by atoms with Crippen molar-refractivity contribution in [2.45, 2.75) is 18.6 Å². The zero-order valence-corrected chi connectivity index (χ0v) is 19.9. The quantitative estimate of drug-likeness (QED) is 0.279. The Morgan fingerprint density at radius 2 is 1.85 bits per heavy atom. The Kier molecular flexibility index (Phi) is 7.37. The van der Waals surface area contributed by atoms with Crippen molar-refractivity contribution in [1.29, 1.82) is 0 Å². The lowest BCUT2D eigenvalue weighted by atomic mass is 10.1. The number of hydrogen-bond acceptors (Lipinski definition) is 6. The van der Waals surface area contributed by atoms with E-state index in [4.69, 9.17) is 17.0 Å². The molecule has 0 bridgehead atoms. The Morgan fingerprint density at radius 3 is 2.55 bits per heavy atom. The monoisotopic (exact) mass is 480 g/mol. The number of carbonyl (C=O) groups excluding carboxylic acids is 3. The number of hydrogen-bond donors (Lipinski definition) is 0. The Balaban J connectivity index is 1.40. The highest BCUT2D eigenvalue weighted by molar-refractivity contribution is 8.23. The third-order valence-electron chi connectivity index (χ3n) is 5.50. The van der Waals surface area contributed by atoms with Crippen LogP contribution in [0.5, 0.6) is 0 Å². The molecule has 2 saturated heterocycles. The molecular weight excluding hydrogens is 456 g/mol. The second-order valence-corrected chi connectivity index (χ2v) is 9.74. The summed E-state index contributed by atoms with van der Waals surface area (Å²) in [5, 5.41) is -0.536. The molecule has 2 aromatic carbocycles. The summed E-state index contributed by atoms with van der Waals surface area (Å²) in [5.74, 6) is -0.689. The van der Waals surface area contributed by atoms with Crippen LogP contribution in [0.4, 0.5) is 5.69 Å². The van der Waals surface area contributed by atoms with Gasteiger partial charge in [0.15, 0.2) is 5.78 Å². The molecule has 0 saturated carbocycles. The Morgan fingerprint density at radius 1 is 1.12 bits per heavy atom. The minimum absolute atomic E-state index is 0.105. The summed E-state index contributed by atoms with van der Waals surface area (Å²) in [4.78, 5) is 41.3. The van der Waals surface area contributed by atoms with E-state index in [1.807, 2.05) is 36.1 Å². The van der Waals surface area contributed by atoms with Crippen molar-refractivity contribution in [3.8, 4) is 0 Å². The zero-order valence-electron chi connectivity index (χ0n) is 18.2. The van der Waals surface area contributed by atoms with Gasteiger partial charge in [0.1, 0.15) is 9.57 Å². The molecule has 8 heteroatoms. The zero-order chi connectivity index (χ0) is 23.4. The van der Waals surface area contributed by atoms with Crippen LogP contribution in [0.15, 0.2) is 54.6 Å². The molecule has 170 valence electrons. The number of morpholine rings is 1. The van der Waals surface area contributed by atoms with Crippen molar-refractivity contribution in [1.82, 2.24) is 4.90 Å². The van der Waals surface area contributed by atoms with Crippen molar-refractivity contribution >= 4 is 57.7 Å². The van der Waals surface area contributed by atoms with Gasteiger partial charge in [0.05, 0.1) is 18.9 Å². The standard InChI is InChI=1S/C25H24N2O4S2/c1-17-3-2-4-18(15-17)5-10-21(28)19-6-8-20(9-7-19)27-23(29)16-22(24(27)30)33-25(32)26-11-13-31-14-12-26/h2-10,15,22H,11-14,16H2,1H3/b10-5+/t22-/m0/s1. The minimum Gasteiger partial charge on any atom is -0.378 e. The first-order valence-electron chi connectivity index (χ1n) is 10.7. The smallest absolute Gasteiger partial charge is 0.247 e. The van der Waals surface area contributed by atoms with Crippen LogP contribution < -0.4 is 4.90 Å². The summed E-state index contributed by atoms with van der Waals surface area (Å²) in [5.41, 5.74) is 3.02. The fourth-order valence-corrected chi connectivity index (χ4v) is 5.26. The van der Waals surface area contributed by atoms with Gasteiger partial charge in [0.25, 0.3) is 0 Å². The van der Waals surface area contributed by atoms with Crippen LogP contribution in [-0.4, -0.2) is 58.4 Å². The van der Waals surface area contributed by atoms with Gasteiger partial charge in [-0.05, 0) is 42.8 Å². The number of anilines is 1. The van der Waals surface area contributed by atoms with Crippen LogP contribution in [0.2, 0.25) is 0 Å². The van der Waals surface area contributed by atoms with Gasteiger partial charge in [0, 0.05) is 25.1 Å². The number of thioether (sulfide) groups is 1. The molecule has 1 atom stereocenters. The lowest BCUT2D eigenvalue weighted by Crippen LogP contribution is -2.39. The summed E-state index contributed by atoms with van der Waals surface area (Å²) < 4.78 is 5.95. The van der Waals surface area contributed by atoms with Crippen LogP contribution in [0.1, 0.15) is 27.9 Å². The van der Waals surface area contributed by atoms with E-state index in [9.17, 15) is 14.4 Å². The average molecular weight is 481 g/mol. The Bertz CT molecular complexity index is 1110. The van der Waals surface area contributed by atoms with Crippen molar-refractivity contribution in [3.05, 3.63) is 71.3 Å². The molecule has 33 heavy (non-hydrogen) atoms. The first-order valence-corrected chi connectivity index (χ1v) is 12.0. The summed E-state index contributed by atoms with van der Waals surface area (Å²) in [6, 6.07) is 14.4. The van der Waals surface area contributed by atoms with Crippen molar-refractivity contribution in [2.24, 2.45) is 0 Å². The third-order valence-corrected chi connectivity index (χ3v) is 7.16. The highest BCUT2D eigenvalue weighted by Crippen LogP contribution is 2.31. The van der Waals surface area contributed by atoms with Gasteiger partial charge in [-0.25, -0.2) is 4.90 Å². The Labute approximate surface area is 202 Å². The molecule has 4 rings (SSSR count). The number of benzene rings is 2. The molecule has 0 radical (unpaired) electrons. The molecule has 2 aromatic rings. The largest absolute Gasteiger partial charge is 0.378 e. The summed E-state index contributed by atoms with van der Waals surface area (Å²) in [7, 11) is 0. The van der Waals surface area contributed by atoms with Gasteiger partial charge in [-0.2, -0.15) is 0 Å². The summed E-state index contributed by atoms with van der Waals surface area (Å²) >= 11 is 6.74. The highest BCUT2D eigenvalue weighted by Gasteiger charge is 2.41. The van der Waals surface area contributed by atoms with Crippen LogP contribution in [0, 0.1) is 6.92 Å². The van der Waals surface area contributed by atoms with Crippen molar-refractivity contribution in [2.75, 3.05) is 31.2 Å². The van der Waals surface area contributed by atoms with E-state index in [0.717, 1.165) is 11.1 Å². The fourth-order valence-electron chi connectivity index (χ4n) is 3.73. The molecule has 0 N–H and O–H groups in total. The molecule has 2 fully saturated rings. The number of rotatable bonds is 5. The molecular formula is C25H24N2O4S2. The van der Waals surface area contributed by atoms with E-state index in [0.29, 0.717) is 41.9 Å². The maximum absolute atomic E-state index is 12.9. The highest BCUT2D eigenvalue weighted by atomic mass is 32.2. The number of ketones is 1. The average Bonchev–Trinajstić information content (AvgIpc) is 3.10. The lowest BCUT2D eigenvalue weighted by Gasteiger charge is -2.29. The lowest BCUT2D eigenvalue weighted by molar-refractivity contribution is -0.121. The number of imide groups is 1. The molecule has 2 aliphatic heterocycles. The van der Waals surface area contributed by atoms with E-state index >= 15 is 0 Å². The van der Waals surface area contributed by atoms with E-state index in [2.05, 4.69) is 0 Å². The van der Waals surface area contributed by atoms with Gasteiger partial charge in [-0.15, -0.1) is 0 Å². The number of aryl methyl sites for hydroxylation is 1. The first-order chi connectivity index (χ1) is 15.9.